The molecule has 0 atom stereocenters. The molecule has 0 unspecified atom stereocenters. The number of likely N-dealkylation sites (tertiary alicyclic amines) is 1. The summed E-state index contributed by atoms with van der Waals surface area (Å²) in [5, 5.41) is 4.25. The van der Waals surface area contributed by atoms with Crippen LogP contribution in [0, 0.1) is 5.82 Å². The van der Waals surface area contributed by atoms with Crippen molar-refractivity contribution in [2.24, 2.45) is 7.05 Å². The zero-order chi connectivity index (χ0) is 21.1. The molecular weight excluding hydrogens is 387 g/mol. The molecule has 158 valence electrons. The van der Waals surface area contributed by atoms with E-state index in [1.807, 2.05) is 34.8 Å². The molecule has 4 rings (SSSR count). The quantitative estimate of drug-likeness (QED) is 0.620. The van der Waals surface area contributed by atoms with Gasteiger partial charge in [-0.2, -0.15) is 4.98 Å². The van der Waals surface area contributed by atoms with E-state index in [4.69, 9.17) is 9.26 Å². The van der Waals surface area contributed by atoms with Crippen LogP contribution in [0.3, 0.4) is 0 Å². The highest BCUT2D eigenvalue weighted by molar-refractivity contribution is 5.92. The van der Waals surface area contributed by atoms with Crippen molar-refractivity contribution in [1.29, 1.82) is 0 Å². The van der Waals surface area contributed by atoms with E-state index in [2.05, 4.69) is 10.1 Å². The summed E-state index contributed by atoms with van der Waals surface area (Å²) in [6.07, 6.45) is 4.04. The summed E-state index contributed by atoms with van der Waals surface area (Å²) >= 11 is 0. The molecule has 1 aromatic carbocycles. The van der Waals surface area contributed by atoms with Gasteiger partial charge in [-0.3, -0.25) is 4.79 Å². The van der Waals surface area contributed by atoms with Crippen LogP contribution in [0.25, 0.3) is 11.5 Å². The van der Waals surface area contributed by atoms with Crippen LogP contribution >= 0.6 is 0 Å². The number of aromatic nitrogens is 3. The van der Waals surface area contributed by atoms with E-state index >= 15 is 0 Å². The number of ether oxygens (including phenoxy) is 1. The summed E-state index contributed by atoms with van der Waals surface area (Å²) in [6.45, 7) is 1.77. The number of carbonyl (C=O) groups excluding carboxylic acids is 1. The molecule has 3 heterocycles. The second-order valence-electron chi connectivity index (χ2n) is 7.75. The van der Waals surface area contributed by atoms with Gasteiger partial charge in [0.25, 0.3) is 11.8 Å². The van der Waals surface area contributed by atoms with Crippen LogP contribution in [-0.4, -0.2) is 52.3 Å². The van der Waals surface area contributed by atoms with Gasteiger partial charge in [-0.1, -0.05) is 5.16 Å². The van der Waals surface area contributed by atoms with E-state index in [9.17, 15) is 9.18 Å². The monoisotopic (exact) mass is 412 g/mol. The molecular formula is C22H25FN4O3. The lowest BCUT2D eigenvalue weighted by atomic mass is 9.75. The fourth-order valence-corrected chi connectivity index (χ4v) is 4.01. The highest BCUT2D eigenvalue weighted by atomic mass is 19.1. The molecule has 0 saturated carbocycles. The summed E-state index contributed by atoms with van der Waals surface area (Å²) in [4.78, 5) is 19.4. The van der Waals surface area contributed by atoms with E-state index in [1.165, 1.54) is 12.1 Å². The van der Waals surface area contributed by atoms with Crippen molar-refractivity contribution in [3.05, 3.63) is 59.9 Å². The van der Waals surface area contributed by atoms with Gasteiger partial charge in [0.1, 0.15) is 11.5 Å². The van der Waals surface area contributed by atoms with Crippen LogP contribution in [0.15, 0.2) is 47.1 Å². The van der Waals surface area contributed by atoms with Crippen molar-refractivity contribution < 1.29 is 18.4 Å². The SMILES string of the molecule is COCCC1(c2noc(-c3ccc(F)cc3)n2)CCN(C(=O)c2cccn2C)CC1. The Kier molecular flexibility index (Phi) is 5.67. The van der Waals surface area contributed by atoms with Crippen LogP contribution in [0.4, 0.5) is 4.39 Å². The average Bonchev–Trinajstić information content (AvgIpc) is 3.42. The number of amides is 1. The minimum atomic E-state index is -0.331. The Hall–Kier alpha value is -3.00. The molecule has 8 heteroatoms. The number of piperidine rings is 1. The Labute approximate surface area is 174 Å². The number of nitrogens with zero attached hydrogens (tertiary/aromatic N) is 4. The van der Waals surface area contributed by atoms with Gasteiger partial charge in [-0.05, 0) is 55.7 Å². The Morgan fingerprint density at radius 2 is 1.97 bits per heavy atom. The van der Waals surface area contributed by atoms with E-state index in [0.29, 0.717) is 42.7 Å². The summed E-state index contributed by atoms with van der Waals surface area (Å²) in [5.41, 5.74) is 1.02. The Balaban J connectivity index is 1.54. The van der Waals surface area contributed by atoms with Crippen LogP contribution < -0.4 is 0 Å². The smallest absolute Gasteiger partial charge is 0.270 e. The minimum absolute atomic E-state index is 0.0305. The van der Waals surface area contributed by atoms with E-state index in [0.717, 1.165) is 19.3 Å². The highest BCUT2D eigenvalue weighted by Gasteiger charge is 2.41. The Morgan fingerprint density at radius 1 is 1.23 bits per heavy atom. The number of hydrogen-bond acceptors (Lipinski definition) is 5. The molecule has 1 amide bonds. The van der Waals surface area contributed by atoms with E-state index < -0.39 is 0 Å². The van der Waals surface area contributed by atoms with E-state index in [1.54, 1.807) is 19.2 Å². The normalized spacial score (nSPS) is 16.0. The molecule has 2 aromatic heterocycles. The third-order valence-corrected chi connectivity index (χ3v) is 5.95. The molecule has 0 bridgehead atoms. The van der Waals surface area contributed by atoms with Gasteiger partial charge in [-0.25, -0.2) is 4.39 Å². The third-order valence-electron chi connectivity index (χ3n) is 5.95. The number of hydrogen-bond donors (Lipinski definition) is 0. The second-order valence-corrected chi connectivity index (χ2v) is 7.75. The van der Waals surface area contributed by atoms with Gasteiger partial charge in [0.15, 0.2) is 5.82 Å². The molecule has 7 nitrogen and oxygen atoms in total. The first-order chi connectivity index (χ1) is 14.5. The first-order valence-corrected chi connectivity index (χ1v) is 10.0. The Bertz CT molecular complexity index is 1000. The van der Waals surface area contributed by atoms with Crippen LogP contribution in [-0.2, 0) is 17.2 Å². The fourth-order valence-electron chi connectivity index (χ4n) is 4.01. The highest BCUT2D eigenvalue weighted by Crippen LogP contribution is 2.38. The second kappa shape index (κ2) is 8.39. The number of methoxy groups -OCH3 is 1. The summed E-state index contributed by atoms with van der Waals surface area (Å²) in [7, 11) is 3.54. The van der Waals surface area contributed by atoms with Crippen LogP contribution in [0.2, 0.25) is 0 Å². The number of carbonyl (C=O) groups is 1. The van der Waals surface area contributed by atoms with Gasteiger partial charge in [0.2, 0.25) is 0 Å². The van der Waals surface area contributed by atoms with Gasteiger partial charge in [0, 0.05) is 51.0 Å². The Morgan fingerprint density at radius 3 is 2.60 bits per heavy atom. The summed E-state index contributed by atoms with van der Waals surface area (Å²) in [6, 6.07) is 9.69. The van der Waals surface area contributed by atoms with Crippen LogP contribution in [0.1, 0.15) is 35.6 Å². The van der Waals surface area contributed by atoms with Crippen molar-refractivity contribution in [2.75, 3.05) is 26.8 Å². The van der Waals surface area contributed by atoms with Crippen LogP contribution in [0.5, 0.6) is 0 Å². The van der Waals surface area contributed by atoms with Gasteiger partial charge >= 0.3 is 0 Å². The zero-order valence-electron chi connectivity index (χ0n) is 17.2. The van der Waals surface area contributed by atoms with Gasteiger partial charge < -0.3 is 18.7 Å². The van der Waals surface area contributed by atoms with Crippen molar-refractivity contribution in [2.45, 2.75) is 24.7 Å². The predicted molar refractivity (Wildman–Crippen MR) is 108 cm³/mol. The molecule has 1 aliphatic heterocycles. The lowest BCUT2D eigenvalue weighted by molar-refractivity contribution is 0.0607. The maximum atomic E-state index is 13.2. The van der Waals surface area contributed by atoms with Gasteiger partial charge in [-0.15, -0.1) is 0 Å². The number of benzene rings is 1. The maximum Gasteiger partial charge on any atom is 0.270 e. The third kappa shape index (κ3) is 3.87. The standard InChI is InChI=1S/C22H25FN4O3/c1-26-12-3-4-18(26)20(28)27-13-9-22(10-14-27,11-15-29-2)21-24-19(30-25-21)16-5-7-17(23)8-6-16/h3-8,12H,9-11,13-15H2,1-2H3. The molecule has 0 radical (unpaired) electrons. The summed E-state index contributed by atoms with van der Waals surface area (Å²) < 4.78 is 25.9. The molecule has 0 aliphatic carbocycles. The van der Waals surface area contributed by atoms with Crippen molar-refractivity contribution in [3.8, 4) is 11.5 Å². The maximum absolute atomic E-state index is 13.2. The molecule has 1 aliphatic rings. The molecule has 1 saturated heterocycles. The molecule has 0 N–H and O–H groups in total. The largest absolute Gasteiger partial charge is 0.385 e. The fraction of sp³-hybridized carbons (Fsp3) is 0.409. The number of halogens is 1. The van der Waals surface area contributed by atoms with Crippen molar-refractivity contribution in [3.63, 3.8) is 0 Å². The molecule has 0 spiro atoms. The predicted octanol–water partition coefficient (Wildman–Crippen LogP) is 3.42. The van der Waals surface area contributed by atoms with Crippen molar-refractivity contribution in [1.82, 2.24) is 19.6 Å². The topological polar surface area (TPSA) is 73.4 Å². The lowest BCUT2D eigenvalue weighted by Crippen LogP contribution is -2.46. The first kappa shape index (κ1) is 20.3. The van der Waals surface area contributed by atoms with E-state index in [-0.39, 0.29) is 17.1 Å². The number of aryl methyl sites for hydroxylation is 1. The van der Waals surface area contributed by atoms with Crippen molar-refractivity contribution >= 4 is 5.91 Å². The summed E-state index contributed by atoms with van der Waals surface area (Å²) in [5.74, 6) is 0.696. The molecule has 3 aromatic rings. The number of rotatable bonds is 6. The zero-order valence-corrected chi connectivity index (χ0v) is 17.2. The lowest BCUT2D eigenvalue weighted by Gasteiger charge is -2.39. The van der Waals surface area contributed by atoms with Gasteiger partial charge in [0.05, 0.1) is 0 Å². The first-order valence-electron chi connectivity index (χ1n) is 10.0. The molecule has 30 heavy (non-hydrogen) atoms. The minimum Gasteiger partial charge on any atom is -0.385 e. The molecule has 1 fully saturated rings. The average molecular weight is 412 g/mol.